The van der Waals surface area contributed by atoms with E-state index in [0.29, 0.717) is 12.8 Å². The van der Waals surface area contributed by atoms with E-state index in [-0.39, 0.29) is 44.9 Å². The molecule has 0 aromatic heterocycles. The fourth-order valence-electron chi connectivity index (χ4n) is 3.47. The van der Waals surface area contributed by atoms with Crippen molar-refractivity contribution in [3.05, 3.63) is 100 Å². The largest absolute Gasteiger partial charge is 0 e. The van der Waals surface area contributed by atoms with Crippen molar-refractivity contribution in [3.63, 3.8) is 0 Å². The van der Waals surface area contributed by atoms with Gasteiger partial charge in [-0.3, -0.25) is 14.4 Å². The first-order valence-corrected chi connectivity index (χ1v) is 11.2. The van der Waals surface area contributed by atoms with Gasteiger partial charge in [-0.05, 0) is 60.0 Å². The van der Waals surface area contributed by atoms with Gasteiger partial charge in [0, 0.05) is 38.5 Å². The maximum atomic E-state index is 12.9. The molecule has 0 spiro atoms. The number of phenols is 1. The van der Waals surface area contributed by atoms with Crippen molar-refractivity contribution in [1.82, 2.24) is 0 Å². The van der Waals surface area contributed by atoms with Crippen molar-refractivity contribution < 1.29 is 81.0 Å². The van der Waals surface area contributed by atoms with Crippen LogP contribution >= 0.6 is 11.8 Å². The number of benzene rings is 2. The topological polar surface area (TPSA) is 191 Å². The number of aromatic hydroxyl groups is 1. The average Bonchev–Trinajstić information content (AvgIpc) is 3.56. The second-order valence-corrected chi connectivity index (χ2v) is 7.68. The van der Waals surface area contributed by atoms with E-state index in [1.54, 1.807) is 12.1 Å². The summed E-state index contributed by atoms with van der Waals surface area (Å²) >= 11 is 1.24. The van der Waals surface area contributed by atoms with E-state index in [2.05, 4.69) is 51.1 Å². The van der Waals surface area contributed by atoms with E-state index in [0.717, 1.165) is 17.7 Å². The first kappa shape index (κ1) is 51.4. The van der Waals surface area contributed by atoms with Crippen LogP contribution in [0.2, 0.25) is 0 Å². The van der Waals surface area contributed by atoms with Gasteiger partial charge in [-0.1, -0.05) is 43.2 Å². The van der Waals surface area contributed by atoms with Crippen LogP contribution in [0.15, 0.2) is 59.5 Å². The molecule has 0 aliphatic heterocycles. The summed E-state index contributed by atoms with van der Waals surface area (Å²) in [5, 5.41) is 12.6. The van der Waals surface area contributed by atoms with Gasteiger partial charge in [0.15, 0.2) is 11.6 Å². The summed E-state index contributed by atoms with van der Waals surface area (Å²) < 4.78 is 45.0. The molecule has 0 heterocycles. The summed E-state index contributed by atoms with van der Waals surface area (Å²) in [6.07, 6.45) is 1.95. The Morgan fingerprint density at radius 1 is 0.738 bits per heavy atom. The summed E-state index contributed by atoms with van der Waals surface area (Å²) in [6, 6.07) is 15.6. The van der Waals surface area contributed by atoms with Gasteiger partial charge in [0.05, 0.1) is 12.0 Å². The zero-order valence-corrected chi connectivity index (χ0v) is 24.3. The Hall–Kier alpha value is -3.39. The third-order valence-electron chi connectivity index (χ3n) is 5.03. The van der Waals surface area contributed by atoms with Gasteiger partial charge in [0.25, 0.3) is 0 Å². The van der Waals surface area contributed by atoms with Crippen molar-refractivity contribution in [2.45, 2.75) is 37.0 Å². The van der Waals surface area contributed by atoms with Gasteiger partial charge in [-0.15, -0.1) is 0 Å². The molecule has 2 radical (unpaired) electrons. The van der Waals surface area contributed by atoms with E-state index >= 15 is 0 Å². The number of rotatable bonds is 6. The minimum absolute atomic E-state index is 0. The van der Waals surface area contributed by atoms with Crippen molar-refractivity contribution in [2.75, 3.05) is 0 Å². The Morgan fingerprint density at radius 3 is 1.62 bits per heavy atom. The summed E-state index contributed by atoms with van der Waals surface area (Å²) in [6.45, 7) is 27.0. The molecule has 1 aliphatic rings. The molecule has 0 unspecified atom stereocenters. The zero-order chi connectivity index (χ0) is 32.0. The molecule has 1 aliphatic carbocycles. The van der Waals surface area contributed by atoms with Gasteiger partial charge in [0.1, 0.15) is 11.2 Å². The van der Waals surface area contributed by atoms with E-state index in [9.17, 15) is 19.5 Å². The fourth-order valence-corrected chi connectivity index (χ4v) is 4.02. The molecule has 1 fully saturated rings. The molecule has 1 saturated carbocycles. The first-order valence-electron chi connectivity index (χ1n) is 10.4. The van der Waals surface area contributed by atoms with E-state index in [1.807, 2.05) is 30.3 Å². The van der Waals surface area contributed by atoms with E-state index in [4.69, 9.17) is 27.9 Å². The smallest absolute Gasteiger partial charge is 0 e. The van der Waals surface area contributed by atoms with Gasteiger partial charge >= 0.3 is 67.8 Å². The third-order valence-corrected chi connectivity index (χ3v) is 5.74. The van der Waals surface area contributed by atoms with E-state index < -0.39 is 29.2 Å². The summed E-state index contributed by atoms with van der Waals surface area (Å²) in [4.78, 5) is 39.1. The van der Waals surface area contributed by atoms with Crippen molar-refractivity contribution in [3.8, 4) is 16.9 Å². The Kier molecular flexibility index (Phi) is 43.6. The summed E-state index contributed by atoms with van der Waals surface area (Å²) in [5.41, 5.74) is -1.10. The number of hydrogen-bond acceptors (Lipinski definition) is 5. The van der Waals surface area contributed by atoms with Crippen LogP contribution in [0.4, 0.5) is 0 Å². The molecular weight excluding hydrogens is 658 g/mol. The molecule has 220 valence electrons. The van der Waals surface area contributed by atoms with Crippen LogP contribution in [0.5, 0.6) is 5.75 Å². The minimum Gasteiger partial charge on any atom is 0 e. The predicted molar refractivity (Wildman–Crippen MR) is 132 cm³/mol. The van der Waals surface area contributed by atoms with Crippen molar-refractivity contribution in [1.29, 1.82) is 0 Å². The van der Waals surface area contributed by atoms with Gasteiger partial charge in [-0.25, -0.2) is 0 Å². The first-order chi connectivity index (χ1) is 19.5. The minimum atomic E-state index is -1.20. The summed E-state index contributed by atoms with van der Waals surface area (Å²) in [5.74, 6) is 1.16. The standard InChI is InChI=1S/C23H20O4S.6CO.2Co/c24-19-11-5-4-10-18(19)20(25)16-22(27)23(13-6-7-14-23)21(26)12-15-28-17-8-2-1-3-9-17;6*1-2;;/h1-5,8-11,24H,6-7,13-14,16H2;;;;;;;;. The van der Waals surface area contributed by atoms with Crippen molar-refractivity contribution in [2.24, 2.45) is 5.41 Å². The van der Waals surface area contributed by atoms with Crippen LogP contribution in [-0.2, 0) is 71.1 Å². The number of carbonyl (C=O) groups is 3. The molecule has 2 aromatic carbocycles. The molecule has 0 bridgehead atoms. The van der Waals surface area contributed by atoms with Crippen LogP contribution in [0.25, 0.3) is 0 Å². The molecule has 2 aromatic rings. The quantitative estimate of drug-likeness (QED) is 0.119. The third kappa shape index (κ3) is 18.1. The van der Waals surface area contributed by atoms with Crippen LogP contribution in [0, 0.1) is 56.5 Å². The number of hydrogen-bond donors (Lipinski definition) is 1. The molecule has 0 amide bonds. The monoisotopic (exact) mass is 678 g/mol. The molecule has 0 saturated heterocycles. The molecule has 42 heavy (non-hydrogen) atoms. The Labute approximate surface area is 268 Å². The molecule has 13 heteroatoms. The normalized spacial score (nSPS) is 10.1. The Balaban J connectivity index is -0.000000206. The Morgan fingerprint density at radius 2 is 1.17 bits per heavy atom. The molecule has 0 atom stereocenters. The van der Waals surface area contributed by atoms with Gasteiger partial charge in [-0.2, -0.15) is 0 Å². The summed E-state index contributed by atoms with van der Waals surface area (Å²) in [7, 11) is 0. The number of para-hydroxylation sites is 1. The molecular formula is C29H20Co2O10S. The molecule has 1 N–H and O–H groups in total. The second-order valence-electron chi connectivity index (χ2n) is 6.80. The molecule has 3 rings (SSSR count). The second kappa shape index (κ2) is 35.6. The number of phenolic OH excluding ortho intramolecular Hbond substituents is 1. The average molecular weight is 678 g/mol. The van der Waals surface area contributed by atoms with Crippen LogP contribution in [0.1, 0.15) is 42.5 Å². The van der Waals surface area contributed by atoms with Crippen LogP contribution < -0.4 is 0 Å². The van der Waals surface area contributed by atoms with Gasteiger partial charge in [0.2, 0.25) is 5.78 Å². The predicted octanol–water partition coefficient (Wildman–Crippen LogP) is 4.19. The zero-order valence-electron chi connectivity index (χ0n) is 21.4. The maximum Gasteiger partial charge on any atom is 0 e. The SMILES string of the molecule is O=C(CC(=O)C1(C(=O)C#CSc2ccccc2)CCCC1)c1ccccc1O.[C-]#[O+].[C-]#[O+].[C-]#[O+].[C-]#[O+].[C-]#[O+].[C-]#[O+].[Co].[Co]. The molecule has 10 nitrogen and oxygen atoms in total. The van der Waals surface area contributed by atoms with Crippen LogP contribution in [-0.4, -0.2) is 22.5 Å². The van der Waals surface area contributed by atoms with Crippen molar-refractivity contribution >= 4 is 29.1 Å². The maximum absolute atomic E-state index is 12.9. The van der Waals surface area contributed by atoms with Gasteiger partial charge < -0.3 is 5.11 Å². The number of carbonyl (C=O) groups excluding carboxylic acids is 3. The van der Waals surface area contributed by atoms with Crippen LogP contribution in [0.3, 0.4) is 0 Å². The number of Topliss-reactive ketones (excluding diaryl/α,β-unsaturated/α-hetero) is 3. The Bertz CT molecular complexity index is 1180. The number of ketones is 3. The van der Waals surface area contributed by atoms with E-state index in [1.165, 1.54) is 23.9 Å². The fraction of sp³-hybridized carbons (Fsp3) is 0.207. The number of thioether (sulfide) groups is 1.